The molecule has 0 aliphatic carbocycles. The summed E-state index contributed by atoms with van der Waals surface area (Å²) in [7, 11) is 1.61. The Bertz CT molecular complexity index is 1180. The van der Waals surface area contributed by atoms with Crippen molar-refractivity contribution in [2.45, 2.75) is 25.6 Å². The lowest BCUT2D eigenvalue weighted by atomic mass is 10.0. The standard InChI is InChI=1S/C26H25N3O4S/c1-32-21-8-6-19(7-9-21)17-28-26(31)25(20-10-12-27-13-11-20)29(18-22-4-2-14-33-22)24(30)16-23-5-3-15-34-23/h2-15,25H,16-18H2,1H3,(H,28,31)/t25-/m0/s1. The SMILES string of the molecule is COc1ccc(CNC(=O)[C@H](c2ccncc2)N(Cc2ccco2)C(=O)Cc2cccs2)cc1. The molecule has 1 N–H and O–H groups in total. The van der Waals surface area contributed by atoms with Gasteiger partial charge in [0.15, 0.2) is 0 Å². The van der Waals surface area contributed by atoms with Crippen molar-refractivity contribution in [2.24, 2.45) is 0 Å². The number of rotatable bonds is 10. The van der Waals surface area contributed by atoms with Crippen molar-refractivity contribution in [1.29, 1.82) is 0 Å². The van der Waals surface area contributed by atoms with Crippen molar-refractivity contribution >= 4 is 23.2 Å². The number of ether oxygens (including phenoxy) is 1. The molecule has 174 valence electrons. The molecule has 4 rings (SSSR count). The molecule has 1 atom stereocenters. The minimum Gasteiger partial charge on any atom is -0.497 e. The third-order valence-corrected chi connectivity index (χ3v) is 6.22. The van der Waals surface area contributed by atoms with Crippen LogP contribution in [0.1, 0.15) is 27.8 Å². The highest BCUT2D eigenvalue weighted by Gasteiger charge is 2.32. The summed E-state index contributed by atoms with van der Waals surface area (Å²) < 4.78 is 10.7. The molecule has 34 heavy (non-hydrogen) atoms. The molecule has 3 aromatic heterocycles. The summed E-state index contributed by atoms with van der Waals surface area (Å²) in [5.41, 5.74) is 1.60. The number of carbonyl (C=O) groups is 2. The van der Waals surface area contributed by atoms with Crippen LogP contribution in [-0.2, 0) is 29.1 Å². The van der Waals surface area contributed by atoms with Crippen LogP contribution in [0.3, 0.4) is 0 Å². The summed E-state index contributed by atoms with van der Waals surface area (Å²) in [5.74, 6) is 0.892. The van der Waals surface area contributed by atoms with Gasteiger partial charge >= 0.3 is 0 Å². The molecule has 4 aromatic rings. The topological polar surface area (TPSA) is 84.7 Å². The lowest BCUT2D eigenvalue weighted by molar-refractivity contribution is -0.141. The second-order valence-corrected chi connectivity index (χ2v) is 8.64. The maximum Gasteiger partial charge on any atom is 0.247 e. The summed E-state index contributed by atoms with van der Waals surface area (Å²) in [6, 6.07) is 17.5. The van der Waals surface area contributed by atoms with E-state index in [1.807, 2.05) is 41.8 Å². The van der Waals surface area contributed by atoms with Crippen LogP contribution in [0.2, 0.25) is 0 Å². The summed E-state index contributed by atoms with van der Waals surface area (Å²) >= 11 is 1.51. The number of nitrogens with one attached hydrogen (secondary N) is 1. The third-order valence-electron chi connectivity index (χ3n) is 5.34. The predicted octanol–water partition coefficient (Wildman–Crippen LogP) is 4.37. The molecule has 0 aliphatic heterocycles. The smallest absolute Gasteiger partial charge is 0.247 e. The zero-order valence-corrected chi connectivity index (χ0v) is 19.5. The van der Waals surface area contributed by atoms with E-state index in [9.17, 15) is 9.59 Å². The monoisotopic (exact) mass is 475 g/mol. The summed E-state index contributed by atoms with van der Waals surface area (Å²) in [6.45, 7) is 0.484. The van der Waals surface area contributed by atoms with Gasteiger partial charge in [-0.05, 0) is 59.0 Å². The Morgan fingerprint density at radius 1 is 1.09 bits per heavy atom. The quantitative estimate of drug-likeness (QED) is 0.368. The number of furan rings is 1. The average molecular weight is 476 g/mol. The molecule has 0 aliphatic rings. The van der Waals surface area contributed by atoms with E-state index in [-0.39, 0.29) is 24.8 Å². The number of benzene rings is 1. The Morgan fingerprint density at radius 3 is 2.53 bits per heavy atom. The molecule has 3 heterocycles. The number of aromatic nitrogens is 1. The first-order chi connectivity index (χ1) is 16.6. The number of thiophene rings is 1. The molecule has 0 radical (unpaired) electrons. The number of carbonyl (C=O) groups excluding carboxylic acids is 2. The van der Waals surface area contributed by atoms with Crippen molar-refractivity contribution in [1.82, 2.24) is 15.2 Å². The number of hydrogen-bond acceptors (Lipinski definition) is 6. The molecule has 2 amide bonds. The third kappa shape index (κ3) is 5.90. The van der Waals surface area contributed by atoms with Crippen molar-refractivity contribution in [3.63, 3.8) is 0 Å². The highest BCUT2D eigenvalue weighted by molar-refractivity contribution is 7.10. The fraction of sp³-hybridized carbons (Fsp3) is 0.192. The van der Waals surface area contributed by atoms with Gasteiger partial charge in [-0.3, -0.25) is 14.6 Å². The number of pyridine rings is 1. The molecule has 0 fully saturated rings. The van der Waals surface area contributed by atoms with Crippen LogP contribution in [-0.4, -0.2) is 28.8 Å². The van der Waals surface area contributed by atoms with E-state index in [1.54, 1.807) is 54.9 Å². The molecule has 7 nitrogen and oxygen atoms in total. The van der Waals surface area contributed by atoms with Crippen LogP contribution in [0.5, 0.6) is 5.75 Å². The summed E-state index contributed by atoms with van der Waals surface area (Å²) in [5, 5.41) is 4.92. The average Bonchev–Trinajstić information content (AvgIpc) is 3.58. The van der Waals surface area contributed by atoms with Crippen molar-refractivity contribution in [3.8, 4) is 5.75 Å². The first-order valence-corrected chi connectivity index (χ1v) is 11.7. The van der Waals surface area contributed by atoms with Crippen LogP contribution >= 0.6 is 11.3 Å². The fourth-order valence-corrected chi connectivity index (χ4v) is 4.30. The molecular formula is C26H25N3O4S. The second-order valence-electron chi connectivity index (χ2n) is 7.61. The highest BCUT2D eigenvalue weighted by atomic mass is 32.1. The number of methoxy groups -OCH3 is 1. The van der Waals surface area contributed by atoms with Crippen molar-refractivity contribution in [3.05, 3.63) is 106 Å². The highest BCUT2D eigenvalue weighted by Crippen LogP contribution is 2.25. The Hall–Kier alpha value is -3.91. The van der Waals surface area contributed by atoms with E-state index in [1.165, 1.54) is 11.3 Å². The van der Waals surface area contributed by atoms with Crippen LogP contribution in [0, 0.1) is 0 Å². The van der Waals surface area contributed by atoms with Crippen molar-refractivity contribution < 1.29 is 18.7 Å². The Morgan fingerprint density at radius 2 is 1.88 bits per heavy atom. The van der Waals surface area contributed by atoms with Gasteiger partial charge in [0.1, 0.15) is 17.6 Å². The van der Waals surface area contributed by atoms with E-state index in [0.29, 0.717) is 17.9 Å². The van der Waals surface area contributed by atoms with E-state index in [0.717, 1.165) is 16.2 Å². The zero-order valence-electron chi connectivity index (χ0n) is 18.7. The molecule has 8 heteroatoms. The predicted molar refractivity (Wildman–Crippen MR) is 129 cm³/mol. The van der Waals surface area contributed by atoms with E-state index < -0.39 is 6.04 Å². The summed E-state index contributed by atoms with van der Waals surface area (Å²) in [4.78, 5) is 33.6. The van der Waals surface area contributed by atoms with E-state index >= 15 is 0 Å². The Labute approximate surface area is 202 Å². The van der Waals surface area contributed by atoms with Gasteiger partial charge in [0.25, 0.3) is 0 Å². The Kier molecular flexibility index (Phi) is 7.72. The van der Waals surface area contributed by atoms with Crippen LogP contribution < -0.4 is 10.1 Å². The van der Waals surface area contributed by atoms with Gasteiger partial charge in [0.05, 0.1) is 26.3 Å². The molecule has 0 spiro atoms. The van der Waals surface area contributed by atoms with Gasteiger partial charge in [-0.15, -0.1) is 11.3 Å². The second kappa shape index (κ2) is 11.3. The minimum absolute atomic E-state index is 0.166. The molecule has 1 aromatic carbocycles. The first kappa shape index (κ1) is 23.3. The van der Waals surface area contributed by atoms with Gasteiger partial charge < -0.3 is 19.4 Å². The lowest BCUT2D eigenvalue weighted by Crippen LogP contribution is -2.43. The summed E-state index contributed by atoms with van der Waals surface area (Å²) in [6.07, 6.45) is 5.00. The first-order valence-electron chi connectivity index (χ1n) is 10.8. The Balaban J connectivity index is 1.61. The normalized spacial score (nSPS) is 11.6. The molecule has 0 bridgehead atoms. The van der Waals surface area contributed by atoms with E-state index in [4.69, 9.17) is 9.15 Å². The van der Waals surface area contributed by atoms with E-state index in [2.05, 4.69) is 10.3 Å². The largest absolute Gasteiger partial charge is 0.497 e. The maximum absolute atomic E-state index is 13.5. The molecule has 0 unspecified atom stereocenters. The molecule has 0 saturated heterocycles. The van der Waals surface area contributed by atoms with Crippen LogP contribution in [0.4, 0.5) is 0 Å². The van der Waals surface area contributed by atoms with Crippen LogP contribution in [0.25, 0.3) is 0 Å². The van der Waals surface area contributed by atoms with Crippen molar-refractivity contribution in [2.75, 3.05) is 7.11 Å². The minimum atomic E-state index is -0.848. The molecule has 0 saturated carbocycles. The fourth-order valence-electron chi connectivity index (χ4n) is 3.61. The maximum atomic E-state index is 13.5. The van der Waals surface area contributed by atoms with Gasteiger partial charge in [-0.25, -0.2) is 0 Å². The number of hydrogen-bond donors (Lipinski definition) is 1. The van der Waals surface area contributed by atoms with Crippen LogP contribution in [0.15, 0.2) is 89.1 Å². The number of nitrogens with zero attached hydrogens (tertiary/aromatic N) is 2. The lowest BCUT2D eigenvalue weighted by Gasteiger charge is -2.30. The number of amides is 2. The zero-order chi connectivity index (χ0) is 23.8. The van der Waals surface area contributed by atoms with Gasteiger partial charge in [-0.2, -0.15) is 0 Å². The molecular weight excluding hydrogens is 450 g/mol. The van der Waals surface area contributed by atoms with Gasteiger partial charge in [0, 0.05) is 23.8 Å². The van der Waals surface area contributed by atoms with Gasteiger partial charge in [0.2, 0.25) is 11.8 Å². The van der Waals surface area contributed by atoms with Gasteiger partial charge in [-0.1, -0.05) is 18.2 Å².